The monoisotopic (exact) mass is 225 g/mol. The molecular formula is C14H11NS. The van der Waals surface area contributed by atoms with Crippen molar-refractivity contribution >= 4 is 27.1 Å². The molecule has 1 N–H and O–H groups in total. The first kappa shape index (κ1) is 9.43. The highest BCUT2D eigenvalue weighted by molar-refractivity contribution is 7.17. The molecule has 0 unspecified atom stereocenters. The molecule has 2 heterocycles. The van der Waals surface area contributed by atoms with E-state index in [2.05, 4.69) is 41.0 Å². The molecule has 0 spiro atoms. The molecule has 1 aliphatic heterocycles. The lowest BCUT2D eigenvalue weighted by Crippen LogP contribution is -2.02. The normalized spacial score (nSPS) is 14.6. The molecule has 0 radical (unpaired) electrons. The summed E-state index contributed by atoms with van der Waals surface area (Å²) in [5.41, 5.74) is 2.36. The largest absolute Gasteiger partial charge is 0.361 e. The Morgan fingerprint density at radius 3 is 3.00 bits per heavy atom. The van der Waals surface area contributed by atoms with Gasteiger partial charge < -0.3 is 5.32 Å². The van der Waals surface area contributed by atoms with E-state index in [1.807, 2.05) is 24.4 Å². The fraction of sp³-hybridized carbons (Fsp3) is 0. The van der Waals surface area contributed by atoms with E-state index in [0.29, 0.717) is 0 Å². The molecule has 78 valence electrons. The first-order valence-corrected chi connectivity index (χ1v) is 6.09. The second-order valence-corrected chi connectivity index (χ2v) is 4.59. The third kappa shape index (κ3) is 1.68. The minimum absolute atomic E-state index is 1.14. The fourth-order valence-corrected chi connectivity index (χ4v) is 2.54. The maximum absolute atomic E-state index is 3.28. The van der Waals surface area contributed by atoms with Gasteiger partial charge in [-0.2, -0.15) is 0 Å². The summed E-state index contributed by atoms with van der Waals surface area (Å²) in [6.45, 7) is 0. The highest BCUT2D eigenvalue weighted by atomic mass is 32.1. The molecule has 2 heteroatoms. The Bertz CT molecular complexity index is 602. The lowest BCUT2D eigenvalue weighted by molar-refractivity contribution is 1.22. The van der Waals surface area contributed by atoms with Gasteiger partial charge in [-0.3, -0.25) is 0 Å². The lowest BCUT2D eigenvalue weighted by Gasteiger charge is -2.06. The topological polar surface area (TPSA) is 12.0 Å². The van der Waals surface area contributed by atoms with Crippen LogP contribution in [0.2, 0.25) is 0 Å². The molecule has 0 aliphatic carbocycles. The Balaban J connectivity index is 2.08. The van der Waals surface area contributed by atoms with Crippen LogP contribution in [0.4, 0.5) is 0 Å². The summed E-state index contributed by atoms with van der Waals surface area (Å²) >= 11 is 1.78. The van der Waals surface area contributed by atoms with Crippen molar-refractivity contribution in [1.82, 2.24) is 5.32 Å². The van der Waals surface area contributed by atoms with Crippen LogP contribution in [-0.2, 0) is 0 Å². The zero-order valence-electron chi connectivity index (χ0n) is 8.68. The molecule has 1 aromatic carbocycles. The van der Waals surface area contributed by atoms with Gasteiger partial charge in [0.2, 0.25) is 0 Å². The Hall–Kier alpha value is -1.80. The smallest absolute Gasteiger partial charge is 0.0453 e. The number of allylic oxidation sites excluding steroid dienone is 4. The van der Waals surface area contributed by atoms with Crippen molar-refractivity contribution in [3.8, 4) is 0 Å². The lowest BCUT2D eigenvalue weighted by atomic mass is 10.1. The SMILES string of the molecule is C1=CC=C(c2ccc3sccc3c2)NC=C1. The van der Waals surface area contributed by atoms with Crippen LogP contribution in [0.3, 0.4) is 0 Å². The van der Waals surface area contributed by atoms with E-state index in [9.17, 15) is 0 Å². The Morgan fingerprint density at radius 1 is 1.00 bits per heavy atom. The quantitative estimate of drug-likeness (QED) is 0.775. The van der Waals surface area contributed by atoms with E-state index >= 15 is 0 Å². The third-order valence-electron chi connectivity index (χ3n) is 2.58. The molecule has 0 bridgehead atoms. The molecule has 0 saturated carbocycles. The van der Waals surface area contributed by atoms with Crippen LogP contribution >= 0.6 is 11.3 Å². The molecule has 0 atom stereocenters. The first-order valence-electron chi connectivity index (χ1n) is 5.21. The van der Waals surface area contributed by atoms with Crippen molar-refractivity contribution in [3.05, 3.63) is 65.7 Å². The molecule has 1 aromatic heterocycles. The van der Waals surface area contributed by atoms with Gasteiger partial charge in [-0.1, -0.05) is 18.2 Å². The second kappa shape index (κ2) is 3.99. The van der Waals surface area contributed by atoms with Gasteiger partial charge in [0.05, 0.1) is 0 Å². The van der Waals surface area contributed by atoms with Gasteiger partial charge in [-0.15, -0.1) is 11.3 Å². The van der Waals surface area contributed by atoms with E-state index in [-0.39, 0.29) is 0 Å². The molecule has 16 heavy (non-hydrogen) atoms. The van der Waals surface area contributed by atoms with Crippen LogP contribution in [0, 0.1) is 0 Å². The minimum atomic E-state index is 1.14. The Labute approximate surface area is 98.4 Å². The molecule has 1 nitrogen and oxygen atoms in total. The predicted octanol–water partition coefficient (Wildman–Crippen LogP) is 3.92. The highest BCUT2D eigenvalue weighted by Gasteiger charge is 2.02. The molecule has 0 fully saturated rings. The molecule has 1 aliphatic rings. The van der Waals surface area contributed by atoms with Crippen LogP contribution in [0.1, 0.15) is 5.56 Å². The standard InChI is InChI=1S/C14H11NS/c1-2-4-13(15-8-3-1)11-5-6-14-12(10-11)7-9-16-14/h1-10,15H. The molecule has 3 rings (SSSR count). The van der Waals surface area contributed by atoms with Crippen molar-refractivity contribution in [3.63, 3.8) is 0 Å². The summed E-state index contributed by atoms with van der Waals surface area (Å²) in [5, 5.41) is 6.71. The molecular weight excluding hydrogens is 214 g/mol. The van der Waals surface area contributed by atoms with Crippen LogP contribution < -0.4 is 5.32 Å². The highest BCUT2D eigenvalue weighted by Crippen LogP contribution is 2.24. The van der Waals surface area contributed by atoms with Crippen LogP contribution in [-0.4, -0.2) is 0 Å². The number of nitrogens with one attached hydrogen (secondary N) is 1. The van der Waals surface area contributed by atoms with Crippen LogP contribution in [0.5, 0.6) is 0 Å². The number of thiophene rings is 1. The van der Waals surface area contributed by atoms with Gasteiger partial charge in [0.1, 0.15) is 0 Å². The van der Waals surface area contributed by atoms with Crippen molar-refractivity contribution in [2.75, 3.05) is 0 Å². The second-order valence-electron chi connectivity index (χ2n) is 3.64. The summed E-state index contributed by atoms with van der Waals surface area (Å²) in [6, 6.07) is 8.71. The Kier molecular flexibility index (Phi) is 2.35. The minimum Gasteiger partial charge on any atom is -0.361 e. The van der Waals surface area contributed by atoms with E-state index in [4.69, 9.17) is 0 Å². The number of benzene rings is 1. The predicted molar refractivity (Wildman–Crippen MR) is 71.2 cm³/mol. The van der Waals surface area contributed by atoms with E-state index in [1.54, 1.807) is 11.3 Å². The summed E-state index contributed by atoms with van der Waals surface area (Å²) in [6.07, 6.45) is 10.1. The van der Waals surface area contributed by atoms with Crippen molar-refractivity contribution in [2.45, 2.75) is 0 Å². The maximum atomic E-state index is 3.28. The third-order valence-corrected chi connectivity index (χ3v) is 3.48. The zero-order valence-corrected chi connectivity index (χ0v) is 9.50. The van der Waals surface area contributed by atoms with E-state index < -0.39 is 0 Å². The zero-order chi connectivity index (χ0) is 10.8. The number of fused-ring (bicyclic) bond motifs is 1. The van der Waals surface area contributed by atoms with E-state index in [0.717, 1.165) is 5.70 Å². The van der Waals surface area contributed by atoms with Gasteiger partial charge in [0.15, 0.2) is 0 Å². The number of hydrogen-bond donors (Lipinski definition) is 1. The molecule has 0 amide bonds. The summed E-state index contributed by atoms with van der Waals surface area (Å²) in [5.74, 6) is 0. The van der Waals surface area contributed by atoms with Gasteiger partial charge in [-0.05, 0) is 46.7 Å². The van der Waals surface area contributed by atoms with Crippen molar-refractivity contribution in [2.24, 2.45) is 0 Å². The van der Waals surface area contributed by atoms with Gasteiger partial charge in [0, 0.05) is 16.6 Å². The Morgan fingerprint density at radius 2 is 2.00 bits per heavy atom. The van der Waals surface area contributed by atoms with Gasteiger partial charge in [-0.25, -0.2) is 0 Å². The first-order chi connectivity index (χ1) is 7.93. The molecule has 0 saturated heterocycles. The van der Waals surface area contributed by atoms with Crippen LogP contribution in [0.25, 0.3) is 15.8 Å². The van der Waals surface area contributed by atoms with Crippen LogP contribution in [0.15, 0.2) is 60.1 Å². The average Bonchev–Trinajstić information content (AvgIpc) is 2.61. The van der Waals surface area contributed by atoms with Crippen molar-refractivity contribution in [1.29, 1.82) is 0 Å². The number of hydrogen-bond acceptors (Lipinski definition) is 2. The maximum Gasteiger partial charge on any atom is 0.0453 e. The van der Waals surface area contributed by atoms with E-state index in [1.165, 1.54) is 15.6 Å². The van der Waals surface area contributed by atoms with Crippen molar-refractivity contribution < 1.29 is 0 Å². The summed E-state index contributed by atoms with van der Waals surface area (Å²) in [7, 11) is 0. The number of rotatable bonds is 1. The summed E-state index contributed by atoms with van der Waals surface area (Å²) < 4.78 is 1.34. The van der Waals surface area contributed by atoms with Gasteiger partial charge in [0.25, 0.3) is 0 Å². The molecule has 2 aromatic rings. The van der Waals surface area contributed by atoms with Gasteiger partial charge >= 0.3 is 0 Å². The average molecular weight is 225 g/mol. The fourth-order valence-electron chi connectivity index (χ4n) is 1.77. The summed E-state index contributed by atoms with van der Waals surface area (Å²) in [4.78, 5) is 0.